The summed E-state index contributed by atoms with van der Waals surface area (Å²) in [5.74, 6) is -1.45. The number of nitro groups is 1. The molecule has 1 N–H and O–H groups in total. The minimum absolute atomic E-state index is 0.0566. The number of amidine groups is 1. The van der Waals surface area contributed by atoms with Crippen LogP contribution in [-0.2, 0) is 9.59 Å². The van der Waals surface area contributed by atoms with Crippen LogP contribution in [0.5, 0.6) is 0 Å². The molecule has 1 fully saturated rings. The molecule has 1 aliphatic heterocycles. The van der Waals surface area contributed by atoms with Gasteiger partial charge >= 0.3 is 0 Å². The van der Waals surface area contributed by atoms with Crippen molar-refractivity contribution in [3.05, 3.63) is 63.4 Å². The van der Waals surface area contributed by atoms with E-state index < -0.39 is 21.9 Å². The monoisotopic (exact) mass is 436 g/mol. The Morgan fingerprint density at radius 1 is 1.38 bits per heavy atom. The Morgan fingerprint density at radius 2 is 2.10 bits per heavy atom. The fourth-order valence-corrected chi connectivity index (χ4v) is 3.90. The molecule has 29 heavy (non-hydrogen) atoms. The van der Waals surface area contributed by atoms with Crippen molar-refractivity contribution < 1.29 is 18.9 Å². The summed E-state index contributed by atoms with van der Waals surface area (Å²) in [5, 5.41) is 13.0. The Labute approximate surface area is 173 Å². The minimum Gasteiger partial charge on any atom is -0.320 e. The van der Waals surface area contributed by atoms with Crippen LogP contribution in [0.3, 0.4) is 0 Å². The summed E-state index contributed by atoms with van der Waals surface area (Å²) in [5.41, 5.74) is 0.184. The fourth-order valence-electron chi connectivity index (χ4n) is 2.57. The summed E-state index contributed by atoms with van der Waals surface area (Å²) in [6.45, 7) is 0. The van der Waals surface area contributed by atoms with Gasteiger partial charge in [-0.05, 0) is 24.3 Å². The molecule has 2 aromatic rings. The second kappa shape index (κ2) is 8.58. The first-order valence-corrected chi connectivity index (χ1v) is 9.53. The van der Waals surface area contributed by atoms with Crippen molar-refractivity contribution in [2.24, 2.45) is 4.99 Å². The number of carbonyl (C=O) groups is 2. The van der Waals surface area contributed by atoms with Crippen molar-refractivity contribution in [1.29, 1.82) is 0 Å². The Kier molecular flexibility index (Phi) is 6.14. The highest BCUT2D eigenvalue weighted by atomic mass is 35.5. The summed E-state index contributed by atoms with van der Waals surface area (Å²) in [4.78, 5) is 40.8. The number of nitro benzene ring substituents is 1. The van der Waals surface area contributed by atoms with Gasteiger partial charge < -0.3 is 5.32 Å². The molecule has 8 nitrogen and oxygen atoms in total. The van der Waals surface area contributed by atoms with Gasteiger partial charge in [-0.2, -0.15) is 0 Å². The van der Waals surface area contributed by atoms with E-state index >= 15 is 0 Å². The third-order valence-electron chi connectivity index (χ3n) is 4.01. The van der Waals surface area contributed by atoms with Crippen molar-refractivity contribution in [2.45, 2.75) is 11.7 Å². The number of para-hydroxylation sites is 2. The standard InChI is InChI=1S/C18H14ClFN4O4S/c1-23-17(26)15(29-18(23)21-10-6-7-12(20)11(19)8-10)9-16(25)22-13-4-2-3-5-14(13)24(27)28/h2-8,15H,9H2,1H3,(H,22,25). The molecular weight excluding hydrogens is 423 g/mol. The van der Waals surface area contributed by atoms with Gasteiger partial charge in [0.2, 0.25) is 11.8 Å². The van der Waals surface area contributed by atoms with Gasteiger partial charge in [0.05, 0.1) is 15.6 Å². The van der Waals surface area contributed by atoms with Crippen molar-refractivity contribution >= 4 is 57.4 Å². The van der Waals surface area contributed by atoms with Gasteiger partial charge in [0.25, 0.3) is 5.69 Å². The molecule has 150 valence electrons. The molecule has 1 saturated heterocycles. The highest BCUT2D eigenvalue weighted by Gasteiger charge is 2.37. The quantitative estimate of drug-likeness (QED) is 0.563. The van der Waals surface area contributed by atoms with Gasteiger partial charge in [-0.1, -0.05) is 35.5 Å². The van der Waals surface area contributed by atoms with Crippen LogP contribution in [0.4, 0.5) is 21.5 Å². The number of aliphatic imine (C=N–C) groups is 1. The number of anilines is 1. The maximum Gasteiger partial charge on any atom is 0.292 e. The number of rotatable bonds is 5. The van der Waals surface area contributed by atoms with Crippen LogP contribution in [0.25, 0.3) is 0 Å². The number of hydrogen-bond acceptors (Lipinski definition) is 6. The van der Waals surface area contributed by atoms with Crippen LogP contribution in [0.15, 0.2) is 47.5 Å². The second-order valence-electron chi connectivity index (χ2n) is 6.02. The molecular formula is C18H14ClFN4O4S. The lowest BCUT2D eigenvalue weighted by Gasteiger charge is -2.09. The topological polar surface area (TPSA) is 105 Å². The molecule has 0 aliphatic carbocycles. The highest BCUT2D eigenvalue weighted by molar-refractivity contribution is 8.15. The number of nitrogens with zero attached hydrogens (tertiary/aromatic N) is 3. The molecule has 0 spiro atoms. The van der Waals surface area contributed by atoms with Crippen molar-refractivity contribution in [3.63, 3.8) is 0 Å². The average molecular weight is 437 g/mol. The summed E-state index contributed by atoms with van der Waals surface area (Å²) in [7, 11) is 1.51. The van der Waals surface area contributed by atoms with Crippen LogP contribution in [0.2, 0.25) is 5.02 Å². The smallest absolute Gasteiger partial charge is 0.292 e. The number of carbonyl (C=O) groups excluding carboxylic acids is 2. The van der Waals surface area contributed by atoms with E-state index in [4.69, 9.17) is 11.6 Å². The van der Waals surface area contributed by atoms with Crippen LogP contribution in [0.1, 0.15) is 6.42 Å². The zero-order chi connectivity index (χ0) is 21.1. The first-order valence-electron chi connectivity index (χ1n) is 8.27. The normalized spacial score (nSPS) is 17.6. The molecule has 0 radical (unpaired) electrons. The SMILES string of the molecule is CN1C(=O)C(CC(=O)Nc2ccccc2[N+](=O)[O-])SC1=Nc1ccc(F)c(Cl)c1. The first kappa shape index (κ1) is 20.7. The molecule has 2 amide bonds. The molecule has 1 heterocycles. The van der Waals surface area contributed by atoms with Crippen LogP contribution in [0, 0.1) is 15.9 Å². The summed E-state index contributed by atoms with van der Waals surface area (Å²) < 4.78 is 13.3. The molecule has 11 heteroatoms. The highest BCUT2D eigenvalue weighted by Crippen LogP contribution is 2.32. The summed E-state index contributed by atoms with van der Waals surface area (Å²) in [6.07, 6.45) is -0.191. The van der Waals surface area contributed by atoms with Crippen molar-refractivity contribution in [3.8, 4) is 0 Å². The molecule has 0 aromatic heterocycles. The zero-order valence-corrected chi connectivity index (χ0v) is 16.5. The number of benzene rings is 2. The number of amides is 2. The van der Waals surface area contributed by atoms with E-state index in [0.29, 0.717) is 10.9 Å². The van der Waals surface area contributed by atoms with Crippen LogP contribution in [-0.4, -0.2) is 39.1 Å². The van der Waals surface area contributed by atoms with E-state index in [1.807, 2.05) is 0 Å². The van der Waals surface area contributed by atoms with E-state index in [-0.39, 0.29) is 28.7 Å². The van der Waals surface area contributed by atoms with E-state index in [2.05, 4.69) is 10.3 Å². The van der Waals surface area contributed by atoms with E-state index in [0.717, 1.165) is 11.8 Å². The molecule has 1 aliphatic rings. The van der Waals surface area contributed by atoms with E-state index in [1.54, 1.807) is 6.07 Å². The molecule has 0 bridgehead atoms. The predicted octanol–water partition coefficient (Wildman–Crippen LogP) is 3.98. The van der Waals surface area contributed by atoms with Gasteiger partial charge in [0.1, 0.15) is 16.8 Å². The Balaban J connectivity index is 1.71. The second-order valence-corrected chi connectivity index (χ2v) is 7.60. The van der Waals surface area contributed by atoms with Gasteiger partial charge in [-0.25, -0.2) is 9.38 Å². The molecule has 2 aromatic carbocycles. The number of nitrogens with one attached hydrogen (secondary N) is 1. The zero-order valence-electron chi connectivity index (χ0n) is 15.0. The maximum absolute atomic E-state index is 13.3. The molecule has 1 atom stereocenters. The number of thioether (sulfide) groups is 1. The van der Waals surface area contributed by atoms with Crippen molar-refractivity contribution in [1.82, 2.24) is 4.90 Å². The summed E-state index contributed by atoms with van der Waals surface area (Å²) >= 11 is 6.82. The van der Waals surface area contributed by atoms with E-state index in [1.165, 1.54) is 48.3 Å². The van der Waals surface area contributed by atoms with Gasteiger partial charge in [-0.15, -0.1) is 0 Å². The Hall–Kier alpha value is -2.98. The number of halogens is 2. The molecule has 0 saturated carbocycles. The average Bonchev–Trinajstić information content (AvgIpc) is 2.92. The van der Waals surface area contributed by atoms with Gasteiger partial charge in [0.15, 0.2) is 5.17 Å². The number of hydrogen-bond donors (Lipinski definition) is 1. The predicted molar refractivity (Wildman–Crippen MR) is 109 cm³/mol. The Bertz CT molecular complexity index is 1030. The van der Waals surface area contributed by atoms with E-state index in [9.17, 15) is 24.1 Å². The Morgan fingerprint density at radius 3 is 2.79 bits per heavy atom. The van der Waals surface area contributed by atoms with Crippen molar-refractivity contribution in [2.75, 3.05) is 12.4 Å². The molecule has 3 rings (SSSR count). The first-order chi connectivity index (χ1) is 13.8. The largest absolute Gasteiger partial charge is 0.320 e. The maximum atomic E-state index is 13.3. The summed E-state index contributed by atoms with van der Waals surface area (Å²) in [6, 6.07) is 9.65. The lowest BCUT2D eigenvalue weighted by molar-refractivity contribution is -0.383. The molecule has 1 unspecified atom stereocenters. The fraction of sp³-hybridized carbons (Fsp3) is 0.167. The van der Waals surface area contributed by atoms with Gasteiger partial charge in [0, 0.05) is 19.5 Å². The lowest BCUT2D eigenvalue weighted by Crippen LogP contribution is -2.30. The minimum atomic E-state index is -0.738. The van der Waals surface area contributed by atoms with Crippen LogP contribution < -0.4 is 5.32 Å². The third-order valence-corrected chi connectivity index (χ3v) is 5.53. The lowest BCUT2D eigenvalue weighted by atomic mass is 10.2. The van der Waals surface area contributed by atoms with Gasteiger partial charge in [-0.3, -0.25) is 24.6 Å². The third kappa shape index (κ3) is 4.72. The van der Waals surface area contributed by atoms with Crippen LogP contribution >= 0.6 is 23.4 Å².